The Bertz CT molecular complexity index is 1150. The van der Waals surface area contributed by atoms with Gasteiger partial charge in [-0.05, 0) is 44.1 Å². The van der Waals surface area contributed by atoms with E-state index in [0.717, 1.165) is 37.6 Å². The lowest BCUT2D eigenvalue weighted by Gasteiger charge is -2.45. The Balaban J connectivity index is 1.43. The minimum atomic E-state index is -0.957. The van der Waals surface area contributed by atoms with Crippen molar-refractivity contribution in [2.24, 2.45) is 5.92 Å². The van der Waals surface area contributed by atoms with Crippen molar-refractivity contribution in [2.45, 2.75) is 70.5 Å². The molecule has 1 aromatic carbocycles. The van der Waals surface area contributed by atoms with Crippen LogP contribution in [0.15, 0.2) is 53.1 Å². The smallest absolute Gasteiger partial charge is 0.271 e. The van der Waals surface area contributed by atoms with Crippen molar-refractivity contribution in [3.63, 3.8) is 0 Å². The summed E-state index contributed by atoms with van der Waals surface area (Å²) in [6.07, 6.45) is 7.81. The molecule has 1 N–H and O–H groups in total. The Hall–Kier alpha value is -3.02. The zero-order valence-corrected chi connectivity index (χ0v) is 19.5. The van der Waals surface area contributed by atoms with Gasteiger partial charge in [0.2, 0.25) is 5.91 Å². The van der Waals surface area contributed by atoms with Gasteiger partial charge >= 0.3 is 0 Å². The number of hydrogen-bond donors (Lipinski definition) is 1. The summed E-state index contributed by atoms with van der Waals surface area (Å²) in [6.45, 7) is 5.10. The van der Waals surface area contributed by atoms with Gasteiger partial charge in [0.15, 0.2) is 5.58 Å². The molecule has 3 heterocycles. The summed E-state index contributed by atoms with van der Waals surface area (Å²) in [4.78, 5) is 29.3. The van der Waals surface area contributed by atoms with Gasteiger partial charge in [0.1, 0.15) is 11.2 Å². The normalized spacial score (nSPS) is 25.3. The molecule has 6 nitrogen and oxygen atoms in total. The largest absolute Gasteiger partial charge is 0.463 e. The Labute approximate surface area is 194 Å². The van der Waals surface area contributed by atoms with Crippen LogP contribution in [0.2, 0.25) is 0 Å². The van der Waals surface area contributed by atoms with E-state index in [1.165, 1.54) is 12.0 Å². The number of aromatic nitrogens is 1. The number of amides is 2. The summed E-state index contributed by atoms with van der Waals surface area (Å²) in [6, 6.07) is 14.1. The quantitative estimate of drug-likeness (QED) is 0.592. The van der Waals surface area contributed by atoms with Crippen LogP contribution in [0.4, 0.5) is 0 Å². The second-order valence-electron chi connectivity index (χ2n) is 9.95. The number of carbonyl (C=O) groups is 2. The van der Waals surface area contributed by atoms with Gasteiger partial charge in [0.05, 0.1) is 18.3 Å². The third-order valence-corrected chi connectivity index (χ3v) is 7.66. The maximum absolute atomic E-state index is 13.8. The molecule has 6 heteroatoms. The number of carbonyl (C=O) groups excluding carboxylic acids is 2. The van der Waals surface area contributed by atoms with Crippen molar-refractivity contribution in [1.82, 2.24) is 14.8 Å². The van der Waals surface area contributed by atoms with Crippen LogP contribution < -0.4 is 5.32 Å². The van der Waals surface area contributed by atoms with Crippen molar-refractivity contribution >= 4 is 22.9 Å². The summed E-state index contributed by atoms with van der Waals surface area (Å²) in [5.41, 5.74) is 2.44. The Morgan fingerprint density at radius 1 is 1.18 bits per heavy atom. The average molecular weight is 448 g/mol. The molecule has 1 fully saturated rings. The lowest BCUT2D eigenvalue weighted by molar-refractivity contribution is -0.134. The zero-order chi connectivity index (χ0) is 23.0. The van der Waals surface area contributed by atoms with E-state index in [1.807, 2.05) is 41.8 Å². The molecule has 1 saturated carbocycles. The highest BCUT2D eigenvalue weighted by Crippen LogP contribution is 2.34. The van der Waals surface area contributed by atoms with Crippen LogP contribution in [0.25, 0.3) is 11.1 Å². The molecular weight excluding hydrogens is 414 g/mol. The van der Waals surface area contributed by atoms with Crippen LogP contribution in [0, 0.1) is 5.92 Å². The molecule has 1 aliphatic heterocycles. The molecule has 33 heavy (non-hydrogen) atoms. The minimum absolute atomic E-state index is 0.0506. The first kappa shape index (κ1) is 21.8. The molecule has 3 atom stereocenters. The highest BCUT2D eigenvalue weighted by Gasteiger charge is 2.48. The highest BCUT2D eigenvalue weighted by atomic mass is 16.3. The summed E-state index contributed by atoms with van der Waals surface area (Å²) >= 11 is 0. The highest BCUT2D eigenvalue weighted by molar-refractivity contribution is 6.02. The first-order chi connectivity index (χ1) is 16.0. The fourth-order valence-electron chi connectivity index (χ4n) is 5.56. The molecular formula is C27H33N3O3. The summed E-state index contributed by atoms with van der Waals surface area (Å²) in [5, 5.41) is 3.33. The van der Waals surface area contributed by atoms with Crippen LogP contribution in [0.3, 0.4) is 0 Å². The maximum atomic E-state index is 13.8. The monoisotopic (exact) mass is 447 g/mol. The molecule has 0 unspecified atom stereocenters. The third kappa shape index (κ3) is 3.96. The summed E-state index contributed by atoms with van der Waals surface area (Å²) in [7, 11) is 0. The predicted octanol–water partition coefficient (Wildman–Crippen LogP) is 4.78. The predicted molar refractivity (Wildman–Crippen MR) is 128 cm³/mol. The van der Waals surface area contributed by atoms with E-state index >= 15 is 0 Å². The van der Waals surface area contributed by atoms with E-state index < -0.39 is 5.54 Å². The van der Waals surface area contributed by atoms with Gasteiger partial charge < -0.3 is 19.2 Å². The first-order valence-corrected chi connectivity index (χ1v) is 12.2. The lowest BCUT2D eigenvalue weighted by Crippen LogP contribution is -2.65. The molecule has 0 spiro atoms. The molecule has 174 valence electrons. The Morgan fingerprint density at radius 3 is 2.76 bits per heavy atom. The van der Waals surface area contributed by atoms with Crippen LogP contribution in [0.1, 0.15) is 62.0 Å². The molecule has 2 amide bonds. The SMILES string of the molecule is C[C@@H]1CCCC[C@H]1NC(=O)[C@@]1(C)Cn2c(cc3occc32)C(=O)N1CCCc1ccccc1. The average Bonchev–Trinajstić information content (AvgIpc) is 3.41. The third-order valence-electron chi connectivity index (χ3n) is 7.66. The standard InChI is InChI=1S/C27H33N3O3/c1-19-9-6-7-13-21(19)28-26(32)27(2)18-29-22-14-16-33-24(22)17-23(29)25(31)30(27)15-8-12-20-10-4-3-5-11-20/h3-5,10-11,14,16-17,19,21H,6-9,12-13,15,18H2,1-2H3,(H,28,32)/t19-,21-,27-/m1/s1. The van der Waals surface area contributed by atoms with Gasteiger partial charge in [-0.1, -0.05) is 50.1 Å². The summed E-state index contributed by atoms with van der Waals surface area (Å²) in [5.74, 6) is 0.306. The van der Waals surface area contributed by atoms with Crippen LogP contribution in [0.5, 0.6) is 0 Å². The zero-order valence-electron chi connectivity index (χ0n) is 19.5. The molecule has 5 rings (SSSR count). The van der Waals surface area contributed by atoms with Gasteiger partial charge in [-0.2, -0.15) is 0 Å². The Morgan fingerprint density at radius 2 is 1.97 bits per heavy atom. The number of furan rings is 1. The van der Waals surface area contributed by atoms with Crippen molar-refractivity contribution in [2.75, 3.05) is 6.54 Å². The van der Waals surface area contributed by atoms with Gasteiger partial charge in [-0.15, -0.1) is 0 Å². The second-order valence-corrected chi connectivity index (χ2v) is 9.95. The molecule has 0 radical (unpaired) electrons. The van der Waals surface area contributed by atoms with Crippen LogP contribution >= 0.6 is 0 Å². The fourth-order valence-corrected chi connectivity index (χ4v) is 5.56. The van der Waals surface area contributed by atoms with Gasteiger partial charge in [-0.25, -0.2) is 0 Å². The molecule has 0 bridgehead atoms. The van der Waals surface area contributed by atoms with E-state index in [2.05, 4.69) is 24.4 Å². The number of nitrogens with zero attached hydrogens (tertiary/aromatic N) is 2. The van der Waals surface area contributed by atoms with E-state index in [0.29, 0.717) is 30.3 Å². The van der Waals surface area contributed by atoms with E-state index in [4.69, 9.17) is 4.42 Å². The van der Waals surface area contributed by atoms with Crippen molar-refractivity contribution in [3.05, 3.63) is 60.0 Å². The second kappa shape index (κ2) is 8.73. The number of fused-ring (bicyclic) bond motifs is 3. The van der Waals surface area contributed by atoms with Crippen molar-refractivity contribution < 1.29 is 14.0 Å². The van der Waals surface area contributed by atoms with E-state index in [-0.39, 0.29) is 17.9 Å². The summed E-state index contributed by atoms with van der Waals surface area (Å²) < 4.78 is 7.52. The Kier molecular flexibility index (Phi) is 5.77. The number of aryl methyl sites for hydroxylation is 1. The molecule has 3 aromatic rings. The molecule has 0 saturated heterocycles. The first-order valence-electron chi connectivity index (χ1n) is 12.2. The van der Waals surface area contributed by atoms with Crippen LogP contribution in [-0.2, 0) is 17.8 Å². The molecule has 1 aliphatic carbocycles. The van der Waals surface area contributed by atoms with E-state index in [1.54, 1.807) is 11.2 Å². The van der Waals surface area contributed by atoms with Gasteiger partial charge in [-0.3, -0.25) is 9.59 Å². The lowest BCUT2D eigenvalue weighted by atomic mass is 9.85. The molecule has 2 aliphatic rings. The number of rotatable bonds is 6. The topological polar surface area (TPSA) is 67.5 Å². The fraction of sp³-hybridized carbons (Fsp3) is 0.481. The van der Waals surface area contributed by atoms with Gasteiger partial charge in [0, 0.05) is 24.7 Å². The number of benzene rings is 1. The van der Waals surface area contributed by atoms with Crippen molar-refractivity contribution in [1.29, 1.82) is 0 Å². The van der Waals surface area contributed by atoms with Gasteiger partial charge in [0.25, 0.3) is 5.91 Å². The molecule has 2 aromatic heterocycles. The van der Waals surface area contributed by atoms with E-state index in [9.17, 15) is 9.59 Å². The van der Waals surface area contributed by atoms with Crippen LogP contribution in [-0.4, -0.2) is 39.4 Å². The number of hydrogen-bond acceptors (Lipinski definition) is 3. The van der Waals surface area contributed by atoms with Crippen molar-refractivity contribution in [3.8, 4) is 0 Å². The number of nitrogens with one attached hydrogen (secondary N) is 1. The minimum Gasteiger partial charge on any atom is -0.463 e. The maximum Gasteiger partial charge on any atom is 0.271 e.